The SMILES string of the molecule is CN=C(NCCc1cccc2ccccc12)NC1CCN(Cc2ccccn2)CC1.I. The Morgan fingerprint density at radius 3 is 2.58 bits per heavy atom. The van der Waals surface area contributed by atoms with Gasteiger partial charge in [0.05, 0.1) is 5.69 Å². The molecule has 4 rings (SSSR count). The molecule has 0 spiro atoms. The number of aliphatic imine (C=N–C) groups is 1. The number of nitrogens with zero attached hydrogens (tertiary/aromatic N) is 3. The molecule has 1 saturated heterocycles. The van der Waals surface area contributed by atoms with E-state index < -0.39 is 0 Å². The van der Waals surface area contributed by atoms with Crippen LogP contribution in [0, 0.1) is 0 Å². The molecule has 0 aliphatic carbocycles. The first-order valence-corrected chi connectivity index (χ1v) is 10.9. The summed E-state index contributed by atoms with van der Waals surface area (Å²) < 4.78 is 0. The highest BCUT2D eigenvalue weighted by molar-refractivity contribution is 14.0. The van der Waals surface area contributed by atoms with Crippen molar-refractivity contribution in [2.45, 2.75) is 31.8 Å². The minimum atomic E-state index is 0. The number of halogens is 1. The summed E-state index contributed by atoms with van der Waals surface area (Å²) in [6.07, 6.45) is 5.09. The number of benzene rings is 2. The second-order valence-corrected chi connectivity index (χ2v) is 7.90. The van der Waals surface area contributed by atoms with Crippen LogP contribution in [-0.2, 0) is 13.0 Å². The lowest BCUT2D eigenvalue weighted by atomic mass is 10.0. The first-order chi connectivity index (χ1) is 14.8. The van der Waals surface area contributed by atoms with Gasteiger partial charge in [0.2, 0.25) is 0 Å². The molecule has 2 heterocycles. The van der Waals surface area contributed by atoms with E-state index in [-0.39, 0.29) is 24.0 Å². The van der Waals surface area contributed by atoms with Gasteiger partial charge in [0.15, 0.2) is 5.96 Å². The molecular formula is C25H32IN5. The van der Waals surface area contributed by atoms with Crippen LogP contribution < -0.4 is 10.6 Å². The van der Waals surface area contributed by atoms with E-state index in [1.54, 1.807) is 0 Å². The van der Waals surface area contributed by atoms with Crippen molar-refractivity contribution >= 4 is 40.7 Å². The van der Waals surface area contributed by atoms with Crippen molar-refractivity contribution in [3.63, 3.8) is 0 Å². The number of nitrogens with one attached hydrogen (secondary N) is 2. The van der Waals surface area contributed by atoms with Crippen LogP contribution in [0.4, 0.5) is 0 Å². The average molecular weight is 529 g/mol. The molecule has 0 atom stereocenters. The van der Waals surface area contributed by atoms with Gasteiger partial charge in [-0.15, -0.1) is 24.0 Å². The molecule has 0 unspecified atom stereocenters. The number of hydrogen-bond donors (Lipinski definition) is 2. The van der Waals surface area contributed by atoms with Crippen LogP contribution in [0.3, 0.4) is 0 Å². The van der Waals surface area contributed by atoms with Gasteiger partial charge in [-0.2, -0.15) is 0 Å². The summed E-state index contributed by atoms with van der Waals surface area (Å²) in [7, 11) is 1.85. The number of fused-ring (bicyclic) bond motifs is 1. The Kier molecular flexibility index (Phi) is 9.09. The first-order valence-electron chi connectivity index (χ1n) is 10.9. The Bertz CT molecular complexity index is 963. The molecular weight excluding hydrogens is 497 g/mol. The number of rotatable bonds is 6. The number of hydrogen-bond acceptors (Lipinski definition) is 3. The Morgan fingerprint density at radius 1 is 1.03 bits per heavy atom. The van der Waals surface area contributed by atoms with Crippen LogP contribution in [0.1, 0.15) is 24.1 Å². The number of aromatic nitrogens is 1. The monoisotopic (exact) mass is 529 g/mol. The van der Waals surface area contributed by atoms with Gasteiger partial charge in [0.1, 0.15) is 0 Å². The molecule has 0 radical (unpaired) electrons. The van der Waals surface area contributed by atoms with Crippen molar-refractivity contribution in [3.8, 4) is 0 Å². The topological polar surface area (TPSA) is 52.6 Å². The van der Waals surface area contributed by atoms with Gasteiger partial charge in [0.25, 0.3) is 0 Å². The summed E-state index contributed by atoms with van der Waals surface area (Å²) in [5.74, 6) is 0.901. The fraction of sp³-hybridized carbons (Fsp3) is 0.360. The lowest BCUT2D eigenvalue weighted by Crippen LogP contribution is -2.48. The second-order valence-electron chi connectivity index (χ2n) is 7.90. The van der Waals surface area contributed by atoms with Gasteiger partial charge in [-0.05, 0) is 47.7 Å². The van der Waals surface area contributed by atoms with Gasteiger partial charge >= 0.3 is 0 Å². The smallest absolute Gasteiger partial charge is 0.191 e. The molecule has 0 amide bonds. The van der Waals surface area contributed by atoms with E-state index in [0.29, 0.717) is 6.04 Å². The van der Waals surface area contributed by atoms with Crippen LogP contribution in [0.25, 0.3) is 10.8 Å². The highest BCUT2D eigenvalue weighted by Gasteiger charge is 2.20. The predicted molar refractivity (Wildman–Crippen MR) is 140 cm³/mol. The van der Waals surface area contributed by atoms with E-state index in [2.05, 4.69) is 80.1 Å². The van der Waals surface area contributed by atoms with Crippen molar-refractivity contribution in [1.82, 2.24) is 20.5 Å². The largest absolute Gasteiger partial charge is 0.356 e. The Morgan fingerprint density at radius 2 is 1.81 bits per heavy atom. The van der Waals surface area contributed by atoms with Crippen molar-refractivity contribution in [2.75, 3.05) is 26.7 Å². The Balaban J connectivity index is 0.00000272. The minimum absolute atomic E-state index is 0. The maximum atomic E-state index is 4.44. The molecule has 1 aliphatic rings. The molecule has 0 saturated carbocycles. The van der Waals surface area contributed by atoms with E-state index in [1.165, 1.54) is 16.3 Å². The van der Waals surface area contributed by atoms with Crippen molar-refractivity contribution in [1.29, 1.82) is 0 Å². The molecule has 1 fully saturated rings. The summed E-state index contributed by atoms with van der Waals surface area (Å²) in [5.41, 5.74) is 2.52. The summed E-state index contributed by atoms with van der Waals surface area (Å²) >= 11 is 0. The zero-order valence-corrected chi connectivity index (χ0v) is 20.5. The van der Waals surface area contributed by atoms with E-state index in [4.69, 9.17) is 0 Å². The molecule has 164 valence electrons. The molecule has 1 aliphatic heterocycles. The third kappa shape index (κ3) is 6.64. The molecule has 2 N–H and O–H groups in total. The van der Waals surface area contributed by atoms with Crippen LogP contribution in [0.2, 0.25) is 0 Å². The molecule has 0 bridgehead atoms. The number of guanidine groups is 1. The highest BCUT2D eigenvalue weighted by Crippen LogP contribution is 2.18. The van der Waals surface area contributed by atoms with Gasteiger partial charge in [-0.25, -0.2) is 0 Å². The molecule has 1 aromatic heterocycles. The van der Waals surface area contributed by atoms with E-state index >= 15 is 0 Å². The Labute approximate surface area is 202 Å². The molecule has 2 aromatic carbocycles. The Hall–Kier alpha value is -2.19. The number of piperidine rings is 1. The lowest BCUT2D eigenvalue weighted by Gasteiger charge is -2.32. The van der Waals surface area contributed by atoms with Crippen LogP contribution >= 0.6 is 24.0 Å². The van der Waals surface area contributed by atoms with Crippen LogP contribution in [0.5, 0.6) is 0 Å². The molecule has 31 heavy (non-hydrogen) atoms. The van der Waals surface area contributed by atoms with Crippen molar-refractivity contribution in [3.05, 3.63) is 78.1 Å². The van der Waals surface area contributed by atoms with Gasteiger partial charge in [-0.3, -0.25) is 14.9 Å². The first kappa shape index (κ1) is 23.5. The van der Waals surface area contributed by atoms with Gasteiger partial charge in [-0.1, -0.05) is 48.5 Å². The van der Waals surface area contributed by atoms with E-state index in [1.807, 2.05) is 19.3 Å². The number of pyridine rings is 1. The van der Waals surface area contributed by atoms with E-state index in [0.717, 1.165) is 57.1 Å². The highest BCUT2D eigenvalue weighted by atomic mass is 127. The van der Waals surface area contributed by atoms with Crippen LogP contribution in [0.15, 0.2) is 71.9 Å². The molecule has 6 heteroatoms. The third-order valence-electron chi connectivity index (χ3n) is 5.83. The van der Waals surface area contributed by atoms with Crippen molar-refractivity contribution in [2.24, 2.45) is 4.99 Å². The molecule has 5 nitrogen and oxygen atoms in total. The zero-order valence-electron chi connectivity index (χ0n) is 18.1. The predicted octanol–water partition coefficient (Wildman–Crippen LogP) is 4.22. The van der Waals surface area contributed by atoms with E-state index in [9.17, 15) is 0 Å². The third-order valence-corrected chi connectivity index (χ3v) is 5.83. The fourth-order valence-corrected chi connectivity index (χ4v) is 4.17. The second kappa shape index (κ2) is 12.0. The van der Waals surface area contributed by atoms with Crippen LogP contribution in [-0.4, -0.2) is 48.6 Å². The summed E-state index contributed by atoms with van der Waals surface area (Å²) in [4.78, 5) is 11.4. The van der Waals surface area contributed by atoms with Crippen molar-refractivity contribution < 1.29 is 0 Å². The lowest BCUT2D eigenvalue weighted by molar-refractivity contribution is 0.196. The van der Waals surface area contributed by atoms with Gasteiger partial charge < -0.3 is 10.6 Å². The summed E-state index contributed by atoms with van der Waals surface area (Å²) in [5, 5.41) is 9.75. The standard InChI is InChI=1S/C25H31N5.HI/c1-26-25(28-16-12-21-9-6-8-20-7-2-3-11-24(20)21)29-22-13-17-30(18-14-22)19-23-10-4-5-15-27-23;/h2-11,15,22H,12-14,16-19H2,1H3,(H2,26,28,29);1H. The maximum Gasteiger partial charge on any atom is 0.191 e. The number of likely N-dealkylation sites (tertiary alicyclic amines) is 1. The summed E-state index contributed by atoms with van der Waals surface area (Å²) in [6.45, 7) is 3.97. The minimum Gasteiger partial charge on any atom is -0.356 e. The summed E-state index contributed by atoms with van der Waals surface area (Å²) in [6, 6.07) is 21.7. The average Bonchev–Trinajstić information content (AvgIpc) is 2.80. The normalized spacial score (nSPS) is 15.5. The maximum absolute atomic E-state index is 4.44. The zero-order chi connectivity index (χ0) is 20.6. The molecule has 3 aromatic rings. The fourth-order valence-electron chi connectivity index (χ4n) is 4.17. The quantitative estimate of drug-likeness (QED) is 0.285. The van der Waals surface area contributed by atoms with Gasteiger partial charge in [0, 0.05) is 45.5 Å².